The lowest BCUT2D eigenvalue weighted by Crippen LogP contribution is -2.22. The molecule has 0 unspecified atom stereocenters. The molecule has 0 saturated heterocycles. The Hall–Kier alpha value is -2.43. The summed E-state index contributed by atoms with van der Waals surface area (Å²) in [5.41, 5.74) is 1.27. The first-order valence-corrected chi connectivity index (χ1v) is 7.16. The third-order valence-corrected chi connectivity index (χ3v) is 4.38. The highest BCUT2D eigenvalue weighted by Crippen LogP contribution is 2.34. The zero-order chi connectivity index (χ0) is 14.8. The highest BCUT2D eigenvalue weighted by molar-refractivity contribution is 7.16. The fraction of sp³-hybridized carbons (Fsp3) is 0.214. The number of hydrogen-bond acceptors (Lipinski definition) is 6. The molecule has 0 aliphatic carbocycles. The van der Waals surface area contributed by atoms with Gasteiger partial charge in [0.1, 0.15) is 17.3 Å². The number of hydrogen-bond donors (Lipinski definition) is 2. The van der Waals surface area contributed by atoms with Gasteiger partial charge in [-0.15, -0.1) is 11.3 Å². The van der Waals surface area contributed by atoms with Crippen LogP contribution in [0.15, 0.2) is 27.6 Å². The Bertz CT molecular complexity index is 780. The predicted molar refractivity (Wildman–Crippen MR) is 77.4 cm³/mol. The number of nitrogens with zero attached hydrogens (tertiary/aromatic N) is 1. The number of thiophene rings is 1. The Morgan fingerprint density at radius 1 is 1.48 bits per heavy atom. The molecule has 0 saturated carbocycles. The minimum absolute atomic E-state index is 0.239. The van der Waals surface area contributed by atoms with Gasteiger partial charge in [-0.2, -0.15) is 5.26 Å². The molecule has 2 N–H and O–H groups in total. The van der Waals surface area contributed by atoms with E-state index in [9.17, 15) is 14.9 Å². The van der Waals surface area contributed by atoms with Gasteiger partial charge < -0.3 is 15.1 Å². The van der Waals surface area contributed by atoms with Crippen molar-refractivity contribution in [2.24, 2.45) is 0 Å². The number of carbonyl (C=O) groups excluding carboxylic acids is 1. The number of anilines is 1. The van der Waals surface area contributed by atoms with Gasteiger partial charge in [-0.1, -0.05) is 0 Å². The molecule has 2 aromatic rings. The maximum atomic E-state index is 12.1. The second-order valence-corrected chi connectivity index (χ2v) is 5.65. The maximum absolute atomic E-state index is 12.1. The van der Waals surface area contributed by atoms with Gasteiger partial charge in [-0.05, 0) is 24.6 Å². The van der Waals surface area contributed by atoms with Gasteiger partial charge in [-0.25, -0.2) is 4.79 Å². The molecule has 0 spiro atoms. The van der Waals surface area contributed by atoms with E-state index in [1.165, 1.54) is 23.5 Å². The van der Waals surface area contributed by atoms with E-state index in [1.807, 2.05) is 0 Å². The van der Waals surface area contributed by atoms with Crippen LogP contribution in [0, 0.1) is 11.3 Å². The van der Waals surface area contributed by atoms with Gasteiger partial charge >= 0.3 is 5.63 Å². The molecule has 7 heteroatoms. The molecule has 0 bridgehead atoms. The number of nitrogens with one attached hydrogen (secondary N) is 2. The smallest absolute Gasteiger partial charge is 0.335 e. The first kappa shape index (κ1) is 13.5. The molecule has 1 aliphatic heterocycles. The average molecular weight is 301 g/mol. The van der Waals surface area contributed by atoms with Gasteiger partial charge in [0.05, 0.1) is 11.1 Å². The standard InChI is InChI=1S/C14H11N3O3S/c15-5-10-9-3-4-16-6-11(9)21-14(10)17-13(19)8-1-2-12(18)20-7-8/h1-2,7,16H,3-4,6H2,(H,17,19). The Labute approximate surface area is 124 Å². The summed E-state index contributed by atoms with van der Waals surface area (Å²) in [5.74, 6) is -0.401. The average Bonchev–Trinajstić information content (AvgIpc) is 2.84. The number of nitriles is 1. The summed E-state index contributed by atoms with van der Waals surface area (Å²) in [6, 6.07) is 4.74. The molecule has 106 valence electrons. The predicted octanol–water partition coefficient (Wildman–Crippen LogP) is 1.47. The minimum Gasteiger partial charge on any atom is -0.430 e. The van der Waals surface area contributed by atoms with Crippen molar-refractivity contribution in [3.8, 4) is 6.07 Å². The van der Waals surface area contributed by atoms with Crippen molar-refractivity contribution in [1.29, 1.82) is 5.26 Å². The zero-order valence-corrected chi connectivity index (χ0v) is 11.8. The van der Waals surface area contributed by atoms with Crippen LogP contribution in [0.1, 0.15) is 26.4 Å². The van der Waals surface area contributed by atoms with Crippen LogP contribution in [0.2, 0.25) is 0 Å². The van der Waals surface area contributed by atoms with Gasteiger partial charge in [-0.3, -0.25) is 4.79 Å². The zero-order valence-electron chi connectivity index (χ0n) is 10.9. The van der Waals surface area contributed by atoms with Gasteiger partial charge in [0, 0.05) is 17.5 Å². The van der Waals surface area contributed by atoms with Crippen molar-refractivity contribution in [1.82, 2.24) is 5.32 Å². The molecule has 0 aromatic carbocycles. The van der Waals surface area contributed by atoms with E-state index < -0.39 is 11.5 Å². The molecule has 21 heavy (non-hydrogen) atoms. The Kier molecular flexibility index (Phi) is 3.56. The molecule has 6 nitrogen and oxygen atoms in total. The highest BCUT2D eigenvalue weighted by Gasteiger charge is 2.22. The van der Waals surface area contributed by atoms with Crippen LogP contribution in [0.3, 0.4) is 0 Å². The molecule has 0 atom stereocenters. The van der Waals surface area contributed by atoms with E-state index in [0.717, 1.165) is 29.7 Å². The molecule has 0 radical (unpaired) electrons. The van der Waals surface area contributed by atoms with Crippen LogP contribution in [0.4, 0.5) is 5.00 Å². The van der Waals surface area contributed by atoms with E-state index in [0.29, 0.717) is 17.1 Å². The molecule has 1 aliphatic rings. The Morgan fingerprint density at radius 2 is 2.33 bits per heavy atom. The Balaban J connectivity index is 1.90. The third-order valence-electron chi connectivity index (χ3n) is 3.23. The summed E-state index contributed by atoms with van der Waals surface area (Å²) in [7, 11) is 0. The lowest BCUT2D eigenvalue weighted by Gasteiger charge is -2.11. The maximum Gasteiger partial charge on any atom is 0.335 e. The van der Waals surface area contributed by atoms with Gasteiger partial charge in [0.15, 0.2) is 0 Å². The van der Waals surface area contributed by atoms with Crippen LogP contribution in [0.25, 0.3) is 0 Å². The van der Waals surface area contributed by atoms with Crippen molar-refractivity contribution in [2.75, 3.05) is 11.9 Å². The number of rotatable bonds is 2. The van der Waals surface area contributed by atoms with Crippen LogP contribution in [-0.4, -0.2) is 12.5 Å². The molecular formula is C14H11N3O3S. The molecule has 2 aromatic heterocycles. The topological polar surface area (TPSA) is 95.1 Å². The van der Waals surface area contributed by atoms with Crippen LogP contribution >= 0.6 is 11.3 Å². The summed E-state index contributed by atoms with van der Waals surface area (Å²) in [4.78, 5) is 24.1. The van der Waals surface area contributed by atoms with Crippen LogP contribution < -0.4 is 16.3 Å². The molecule has 1 amide bonds. The molecular weight excluding hydrogens is 290 g/mol. The first-order valence-electron chi connectivity index (χ1n) is 6.34. The molecule has 3 heterocycles. The number of carbonyl (C=O) groups is 1. The van der Waals surface area contributed by atoms with E-state index in [-0.39, 0.29) is 5.56 Å². The summed E-state index contributed by atoms with van der Waals surface area (Å²) >= 11 is 1.40. The first-order chi connectivity index (χ1) is 10.2. The molecule has 0 fully saturated rings. The second kappa shape index (κ2) is 5.52. The second-order valence-electron chi connectivity index (χ2n) is 4.54. The van der Waals surface area contributed by atoms with Crippen LogP contribution in [-0.2, 0) is 13.0 Å². The fourth-order valence-corrected chi connectivity index (χ4v) is 3.37. The lowest BCUT2D eigenvalue weighted by atomic mass is 10.1. The summed E-state index contributed by atoms with van der Waals surface area (Å²) < 4.78 is 4.67. The number of amides is 1. The Morgan fingerprint density at radius 3 is 3.05 bits per heavy atom. The van der Waals surface area contributed by atoms with Crippen LogP contribution in [0.5, 0.6) is 0 Å². The summed E-state index contributed by atoms with van der Waals surface area (Å²) in [5, 5.41) is 15.8. The quantitative estimate of drug-likeness (QED) is 0.876. The van der Waals surface area contributed by atoms with E-state index in [2.05, 4.69) is 21.1 Å². The van der Waals surface area contributed by atoms with Crippen molar-refractivity contribution < 1.29 is 9.21 Å². The summed E-state index contributed by atoms with van der Waals surface area (Å²) in [6.45, 7) is 1.54. The fourth-order valence-electron chi connectivity index (χ4n) is 2.20. The van der Waals surface area contributed by atoms with Gasteiger partial charge in [0.25, 0.3) is 5.91 Å². The van der Waals surface area contributed by atoms with Crippen molar-refractivity contribution in [2.45, 2.75) is 13.0 Å². The largest absolute Gasteiger partial charge is 0.430 e. The van der Waals surface area contributed by atoms with E-state index >= 15 is 0 Å². The van der Waals surface area contributed by atoms with Gasteiger partial charge in [0.2, 0.25) is 0 Å². The van der Waals surface area contributed by atoms with Crippen molar-refractivity contribution >= 4 is 22.2 Å². The highest BCUT2D eigenvalue weighted by atomic mass is 32.1. The number of fused-ring (bicyclic) bond motifs is 1. The van der Waals surface area contributed by atoms with E-state index in [4.69, 9.17) is 0 Å². The SMILES string of the molecule is N#Cc1c(NC(=O)c2ccc(=O)oc2)sc2c1CCNC2. The third kappa shape index (κ3) is 2.59. The molecule has 3 rings (SSSR count). The normalized spacial score (nSPS) is 13.3. The van der Waals surface area contributed by atoms with Crippen molar-refractivity contribution in [3.05, 3.63) is 50.4 Å². The monoisotopic (exact) mass is 301 g/mol. The van der Waals surface area contributed by atoms with Crippen molar-refractivity contribution in [3.63, 3.8) is 0 Å². The van der Waals surface area contributed by atoms with E-state index in [1.54, 1.807) is 0 Å². The lowest BCUT2D eigenvalue weighted by molar-refractivity contribution is 0.102. The summed E-state index contributed by atoms with van der Waals surface area (Å²) in [6.07, 6.45) is 1.89. The minimum atomic E-state index is -0.512.